The summed E-state index contributed by atoms with van der Waals surface area (Å²) < 4.78 is 0. The van der Waals surface area contributed by atoms with Crippen LogP contribution in [0, 0.1) is 0 Å². The van der Waals surface area contributed by atoms with Crippen LogP contribution in [0.15, 0.2) is 53.7 Å². The topological polar surface area (TPSA) is 94.4 Å². The maximum Gasteiger partial charge on any atom is 0.280 e. The Hall–Kier alpha value is -2.63. The largest absolute Gasteiger partial charge is 0.370 e. The number of aliphatic imine (C=N–C) groups is 1. The number of pyridine rings is 1. The van der Waals surface area contributed by atoms with Gasteiger partial charge in [-0.3, -0.25) is 9.78 Å². The molecule has 4 N–H and O–H groups in total. The van der Waals surface area contributed by atoms with E-state index >= 15 is 0 Å². The zero-order valence-electron chi connectivity index (χ0n) is 12.3. The van der Waals surface area contributed by atoms with Gasteiger partial charge in [-0.25, -0.2) is 0 Å². The maximum atomic E-state index is 12.1. The van der Waals surface area contributed by atoms with Gasteiger partial charge in [0.2, 0.25) is 0 Å². The lowest BCUT2D eigenvalue weighted by Gasteiger charge is -2.10. The minimum atomic E-state index is -0.524. The number of guanidine groups is 1. The summed E-state index contributed by atoms with van der Waals surface area (Å²) in [6.45, 7) is 0. The van der Waals surface area contributed by atoms with E-state index in [4.69, 9.17) is 34.7 Å². The fourth-order valence-electron chi connectivity index (χ4n) is 2.41. The summed E-state index contributed by atoms with van der Waals surface area (Å²) in [5.74, 6) is -0.812. The van der Waals surface area contributed by atoms with Gasteiger partial charge in [-0.1, -0.05) is 35.3 Å². The molecule has 1 amide bonds. The van der Waals surface area contributed by atoms with Gasteiger partial charge in [0.05, 0.1) is 15.6 Å². The van der Waals surface area contributed by atoms with Gasteiger partial charge in [0.1, 0.15) is 0 Å². The summed E-state index contributed by atoms with van der Waals surface area (Å²) in [5.41, 5.74) is 13.2. The number of nitrogens with zero attached hydrogens (tertiary/aromatic N) is 2. The fourth-order valence-corrected chi connectivity index (χ4v) is 2.81. The molecular weight excluding hydrogens is 347 g/mol. The Balaban J connectivity index is 2.24. The minimum absolute atomic E-state index is 0.288. The van der Waals surface area contributed by atoms with Crippen LogP contribution in [-0.2, 0) is 0 Å². The molecule has 0 fully saturated rings. The van der Waals surface area contributed by atoms with Gasteiger partial charge in [-0.05, 0) is 35.9 Å². The Kier molecular flexibility index (Phi) is 4.38. The van der Waals surface area contributed by atoms with Crippen LogP contribution < -0.4 is 11.5 Å². The number of benzene rings is 2. The molecule has 3 rings (SSSR count). The molecule has 0 atom stereocenters. The summed E-state index contributed by atoms with van der Waals surface area (Å²) in [6.07, 6.45) is 1.67. The van der Waals surface area contributed by atoms with Crippen LogP contribution in [0.5, 0.6) is 0 Å². The van der Waals surface area contributed by atoms with Crippen molar-refractivity contribution in [3.8, 4) is 11.1 Å². The van der Waals surface area contributed by atoms with Crippen molar-refractivity contribution >= 4 is 46.0 Å². The molecule has 0 bridgehead atoms. The monoisotopic (exact) mass is 358 g/mol. The summed E-state index contributed by atoms with van der Waals surface area (Å²) in [7, 11) is 0. The van der Waals surface area contributed by atoms with Gasteiger partial charge < -0.3 is 11.5 Å². The van der Waals surface area contributed by atoms with Crippen molar-refractivity contribution < 1.29 is 4.79 Å². The first kappa shape index (κ1) is 16.2. The molecule has 1 aromatic heterocycles. The van der Waals surface area contributed by atoms with Crippen molar-refractivity contribution in [3.05, 3.63) is 64.3 Å². The van der Waals surface area contributed by atoms with Crippen molar-refractivity contribution in [2.24, 2.45) is 16.5 Å². The van der Waals surface area contributed by atoms with E-state index in [-0.39, 0.29) is 5.96 Å². The van der Waals surface area contributed by atoms with Gasteiger partial charge in [-0.15, -0.1) is 0 Å². The average molecular weight is 359 g/mol. The molecule has 0 radical (unpaired) electrons. The van der Waals surface area contributed by atoms with E-state index in [0.29, 0.717) is 21.1 Å². The molecule has 0 aliphatic heterocycles. The smallest absolute Gasteiger partial charge is 0.280 e. The second-order valence-electron chi connectivity index (χ2n) is 5.03. The van der Waals surface area contributed by atoms with Crippen LogP contribution in [0.4, 0.5) is 0 Å². The van der Waals surface area contributed by atoms with E-state index in [9.17, 15) is 4.79 Å². The van der Waals surface area contributed by atoms with Crippen molar-refractivity contribution in [3.63, 3.8) is 0 Å². The van der Waals surface area contributed by atoms with Gasteiger partial charge in [0.15, 0.2) is 5.96 Å². The van der Waals surface area contributed by atoms with Crippen LogP contribution >= 0.6 is 23.2 Å². The summed E-state index contributed by atoms with van der Waals surface area (Å²) in [4.78, 5) is 19.9. The van der Waals surface area contributed by atoms with E-state index in [2.05, 4.69) is 9.98 Å². The van der Waals surface area contributed by atoms with Crippen LogP contribution in [-0.4, -0.2) is 16.9 Å². The number of aromatic nitrogens is 1. The number of rotatable bonds is 2. The summed E-state index contributed by atoms with van der Waals surface area (Å²) in [5, 5.41) is 1.64. The molecule has 0 aliphatic carbocycles. The Morgan fingerprint density at radius 1 is 1.04 bits per heavy atom. The van der Waals surface area contributed by atoms with Crippen LogP contribution in [0.1, 0.15) is 10.4 Å². The highest BCUT2D eigenvalue weighted by molar-refractivity contribution is 6.44. The minimum Gasteiger partial charge on any atom is -0.370 e. The number of fused-ring (bicyclic) bond motifs is 1. The molecule has 120 valence electrons. The molecule has 24 heavy (non-hydrogen) atoms. The molecule has 3 aromatic rings. The second kappa shape index (κ2) is 6.47. The second-order valence-corrected chi connectivity index (χ2v) is 5.82. The molecule has 0 spiro atoms. The van der Waals surface area contributed by atoms with E-state index in [0.717, 1.165) is 16.5 Å². The molecule has 0 saturated heterocycles. The molecule has 0 saturated carbocycles. The normalized spacial score (nSPS) is 10.6. The van der Waals surface area contributed by atoms with E-state index < -0.39 is 5.91 Å². The van der Waals surface area contributed by atoms with Crippen LogP contribution in [0.2, 0.25) is 10.0 Å². The highest BCUT2D eigenvalue weighted by Gasteiger charge is 2.13. The number of carbonyl (C=O) groups is 1. The lowest BCUT2D eigenvalue weighted by molar-refractivity contribution is 0.100. The van der Waals surface area contributed by atoms with E-state index in [1.54, 1.807) is 30.5 Å². The molecule has 1 heterocycles. The number of halogens is 2. The third-order valence-electron chi connectivity index (χ3n) is 3.46. The average Bonchev–Trinajstić information content (AvgIpc) is 2.56. The zero-order chi connectivity index (χ0) is 17.3. The van der Waals surface area contributed by atoms with Crippen molar-refractivity contribution in [2.75, 3.05) is 0 Å². The SMILES string of the molecule is NC(N)=NC(=O)c1ccc2nccc(-c3cccc(Cl)c3Cl)c2c1. The number of nitrogens with two attached hydrogens (primary N) is 2. The highest BCUT2D eigenvalue weighted by Crippen LogP contribution is 2.36. The van der Waals surface area contributed by atoms with Crippen LogP contribution in [0.25, 0.3) is 22.0 Å². The highest BCUT2D eigenvalue weighted by atomic mass is 35.5. The van der Waals surface area contributed by atoms with Gasteiger partial charge >= 0.3 is 0 Å². The van der Waals surface area contributed by atoms with Gasteiger partial charge in [0.25, 0.3) is 5.91 Å². The van der Waals surface area contributed by atoms with Crippen molar-refractivity contribution in [1.29, 1.82) is 0 Å². The maximum absolute atomic E-state index is 12.1. The lowest BCUT2D eigenvalue weighted by atomic mass is 9.99. The number of hydrogen-bond acceptors (Lipinski definition) is 2. The Bertz CT molecular complexity index is 981. The number of hydrogen-bond donors (Lipinski definition) is 2. The molecular formula is C17H12Cl2N4O. The number of amides is 1. The van der Waals surface area contributed by atoms with Crippen LogP contribution in [0.3, 0.4) is 0 Å². The molecule has 7 heteroatoms. The first-order chi connectivity index (χ1) is 11.5. The lowest BCUT2D eigenvalue weighted by Crippen LogP contribution is -2.24. The third-order valence-corrected chi connectivity index (χ3v) is 4.28. The predicted molar refractivity (Wildman–Crippen MR) is 97.3 cm³/mol. The third kappa shape index (κ3) is 3.04. The predicted octanol–water partition coefficient (Wildman–Crippen LogP) is 3.62. The first-order valence-corrected chi connectivity index (χ1v) is 7.70. The van der Waals surface area contributed by atoms with Gasteiger partial charge in [-0.2, -0.15) is 4.99 Å². The molecule has 0 aliphatic rings. The summed E-state index contributed by atoms with van der Waals surface area (Å²) in [6, 6.07) is 12.2. The van der Waals surface area contributed by atoms with Crippen molar-refractivity contribution in [2.45, 2.75) is 0 Å². The molecule has 0 unspecified atom stereocenters. The zero-order valence-corrected chi connectivity index (χ0v) is 13.8. The Labute approximate surface area is 147 Å². The first-order valence-electron chi connectivity index (χ1n) is 6.94. The molecule has 5 nitrogen and oxygen atoms in total. The Morgan fingerprint density at radius 2 is 1.83 bits per heavy atom. The Morgan fingerprint density at radius 3 is 2.58 bits per heavy atom. The van der Waals surface area contributed by atoms with Crippen molar-refractivity contribution in [1.82, 2.24) is 4.98 Å². The number of carbonyl (C=O) groups excluding carboxylic acids is 1. The van der Waals surface area contributed by atoms with Gasteiger partial charge in [0, 0.05) is 22.7 Å². The quantitative estimate of drug-likeness (QED) is 0.540. The van der Waals surface area contributed by atoms with E-state index in [1.165, 1.54) is 0 Å². The molecule has 2 aromatic carbocycles. The summed E-state index contributed by atoms with van der Waals surface area (Å²) >= 11 is 12.4. The van der Waals surface area contributed by atoms with E-state index in [1.807, 2.05) is 18.2 Å². The fraction of sp³-hybridized carbons (Fsp3) is 0. The standard InChI is InChI=1S/C17H12Cl2N4O/c18-13-3-1-2-11(15(13)19)10-6-7-22-14-5-4-9(8-12(10)14)16(24)23-17(20)21/h1-8H,(H4,20,21,23,24).